The zero-order valence-electron chi connectivity index (χ0n) is 12.0. The minimum atomic E-state index is 0.321. The number of benzene rings is 1. The Hall–Kier alpha value is -0.820. The van der Waals surface area contributed by atoms with Gasteiger partial charge in [0.15, 0.2) is 0 Å². The van der Waals surface area contributed by atoms with E-state index in [4.69, 9.17) is 0 Å². The van der Waals surface area contributed by atoms with Gasteiger partial charge in [0.25, 0.3) is 0 Å². The van der Waals surface area contributed by atoms with Crippen molar-refractivity contribution in [3.8, 4) is 0 Å². The second kappa shape index (κ2) is 9.16. The zero-order chi connectivity index (χ0) is 13.2. The van der Waals surface area contributed by atoms with Gasteiger partial charge >= 0.3 is 0 Å². The van der Waals surface area contributed by atoms with E-state index in [-0.39, 0.29) is 0 Å². The predicted octanol–water partition coefficient (Wildman–Crippen LogP) is 4.51. The first kappa shape index (κ1) is 15.2. The van der Waals surface area contributed by atoms with Crippen LogP contribution in [0.1, 0.15) is 56.6 Å². The van der Waals surface area contributed by atoms with Crippen molar-refractivity contribution in [3.63, 3.8) is 0 Å². The summed E-state index contributed by atoms with van der Waals surface area (Å²) < 4.78 is 0. The average Bonchev–Trinajstić information content (AvgIpc) is 2.39. The second-order valence-corrected chi connectivity index (χ2v) is 5.44. The third-order valence-electron chi connectivity index (χ3n) is 3.62. The molecule has 1 aromatic carbocycles. The van der Waals surface area contributed by atoms with Crippen LogP contribution in [-0.4, -0.2) is 11.7 Å². The SMILES string of the molecule is CCCCCCCC(CO)Cc1ccc(C)cc1. The van der Waals surface area contributed by atoms with Crippen LogP contribution in [0.5, 0.6) is 0 Å². The first-order chi connectivity index (χ1) is 8.76. The molecule has 0 radical (unpaired) electrons. The van der Waals surface area contributed by atoms with Crippen LogP contribution >= 0.6 is 0 Å². The molecule has 0 aliphatic carbocycles. The zero-order valence-corrected chi connectivity index (χ0v) is 12.0. The van der Waals surface area contributed by atoms with Gasteiger partial charge in [-0.15, -0.1) is 0 Å². The maximum atomic E-state index is 9.44. The summed E-state index contributed by atoms with van der Waals surface area (Å²) in [5.74, 6) is 0.439. The van der Waals surface area contributed by atoms with Gasteiger partial charge in [0, 0.05) is 6.61 Å². The lowest BCUT2D eigenvalue weighted by atomic mass is 9.94. The third kappa shape index (κ3) is 6.20. The van der Waals surface area contributed by atoms with E-state index in [9.17, 15) is 5.11 Å². The van der Waals surface area contributed by atoms with Crippen LogP contribution in [0.25, 0.3) is 0 Å². The van der Waals surface area contributed by atoms with Crippen molar-refractivity contribution >= 4 is 0 Å². The van der Waals surface area contributed by atoms with E-state index in [2.05, 4.69) is 38.1 Å². The molecule has 1 nitrogen and oxygen atoms in total. The number of aliphatic hydroxyl groups excluding tert-OH is 1. The molecular weight excluding hydrogens is 220 g/mol. The highest BCUT2D eigenvalue weighted by Crippen LogP contribution is 2.17. The van der Waals surface area contributed by atoms with Crippen molar-refractivity contribution < 1.29 is 5.11 Å². The molecule has 0 fully saturated rings. The molecule has 18 heavy (non-hydrogen) atoms. The minimum absolute atomic E-state index is 0.321. The Morgan fingerprint density at radius 1 is 1.00 bits per heavy atom. The van der Waals surface area contributed by atoms with Crippen LogP contribution < -0.4 is 0 Å². The molecule has 0 saturated carbocycles. The quantitative estimate of drug-likeness (QED) is 0.638. The topological polar surface area (TPSA) is 20.2 Å². The Balaban J connectivity index is 2.26. The number of unbranched alkanes of at least 4 members (excludes halogenated alkanes) is 4. The molecular formula is C17H28O. The minimum Gasteiger partial charge on any atom is -0.396 e. The molecule has 102 valence electrons. The fraction of sp³-hybridized carbons (Fsp3) is 0.647. The number of hydrogen-bond donors (Lipinski definition) is 1. The first-order valence-corrected chi connectivity index (χ1v) is 7.42. The molecule has 1 atom stereocenters. The summed E-state index contributed by atoms with van der Waals surface area (Å²) in [7, 11) is 0. The molecule has 0 heterocycles. The van der Waals surface area contributed by atoms with Gasteiger partial charge in [-0.05, 0) is 31.2 Å². The van der Waals surface area contributed by atoms with Gasteiger partial charge < -0.3 is 5.11 Å². The fourth-order valence-electron chi connectivity index (χ4n) is 2.35. The highest BCUT2D eigenvalue weighted by atomic mass is 16.3. The Labute approximate surface area is 112 Å². The summed E-state index contributed by atoms with van der Waals surface area (Å²) in [6, 6.07) is 8.69. The molecule has 1 unspecified atom stereocenters. The van der Waals surface area contributed by atoms with E-state index >= 15 is 0 Å². The van der Waals surface area contributed by atoms with Crippen molar-refractivity contribution in [2.24, 2.45) is 5.92 Å². The second-order valence-electron chi connectivity index (χ2n) is 5.44. The maximum absolute atomic E-state index is 9.44. The predicted molar refractivity (Wildman–Crippen MR) is 78.8 cm³/mol. The van der Waals surface area contributed by atoms with Crippen molar-refractivity contribution in [2.45, 2.75) is 58.8 Å². The summed E-state index contributed by atoms with van der Waals surface area (Å²) in [5.41, 5.74) is 2.66. The molecule has 0 aliphatic rings. The highest BCUT2D eigenvalue weighted by molar-refractivity contribution is 5.21. The lowest BCUT2D eigenvalue weighted by molar-refractivity contribution is 0.214. The third-order valence-corrected chi connectivity index (χ3v) is 3.62. The molecule has 0 aromatic heterocycles. The van der Waals surface area contributed by atoms with E-state index in [0.29, 0.717) is 12.5 Å². The van der Waals surface area contributed by atoms with Crippen LogP contribution in [0.15, 0.2) is 24.3 Å². The molecule has 0 aliphatic heterocycles. The molecule has 1 aromatic rings. The van der Waals surface area contributed by atoms with E-state index in [1.54, 1.807) is 0 Å². The van der Waals surface area contributed by atoms with Crippen LogP contribution in [0.3, 0.4) is 0 Å². The summed E-state index contributed by atoms with van der Waals surface area (Å²) in [4.78, 5) is 0. The van der Waals surface area contributed by atoms with Gasteiger partial charge in [-0.3, -0.25) is 0 Å². The summed E-state index contributed by atoms with van der Waals surface area (Å²) in [6.07, 6.45) is 8.75. The van der Waals surface area contributed by atoms with E-state index in [0.717, 1.165) is 12.8 Å². The molecule has 0 bridgehead atoms. The van der Waals surface area contributed by atoms with Crippen molar-refractivity contribution in [3.05, 3.63) is 35.4 Å². The molecule has 0 saturated heterocycles. The van der Waals surface area contributed by atoms with Gasteiger partial charge in [0.1, 0.15) is 0 Å². The molecule has 0 spiro atoms. The molecule has 1 rings (SSSR count). The Morgan fingerprint density at radius 3 is 2.28 bits per heavy atom. The number of aliphatic hydroxyl groups is 1. The van der Waals surface area contributed by atoms with Crippen LogP contribution in [0.2, 0.25) is 0 Å². The van der Waals surface area contributed by atoms with Gasteiger partial charge in [-0.1, -0.05) is 68.9 Å². The van der Waals surface area contributed by atoms with Gasteiger partial charge in [-0.2, -0.15) is 0 Å². The van der Waals surface area contributed by atoms with E-state index < -0.39 is 0 Å². The van der Waals surface area contributed by atoms with Crippen LogP contribution in [0.4, 0.5) is 0 Å². The average molecular weight is 248 g/mol. The van der Waals surface area contributed by atoms with Gasteiger partial charge in [0.2, 0.25) is 0 Å². The van der Waals surface area contributed by atoms with Crippen molar-refractivity contribution in [1.82, 2.24) is 0 Å². The smallest absolute Gasteiger partial charge is 0.0462 e. The lowest BCUT2D eigenvalue weighted by Gasteiger charge is -2.14. The number of hydrogen-bond acceptors (Lipinski definition) is 1. The van der Waals surface area contributed by atoms with Gasteiger partial charge in [-0.25, -0.2) is 0 Å². The standard InChI is InChI=1S/C17H28O/c1-3-4-5-6-7-8-17(14-18)13-16-11-9-15(2)10-12-16/h9-12,17-18H,3-8,13-14H2,1-2H3. The molecule has 0 amide bonds. The van der Waals surface area contributed by atoms with E-state index in [1.807, 2.05) is 0 Å². The van der Waals surface area contributed by atoms with Crippen LogP contribution in [0, 0.1) is 12.8 Å². The first-order valence-electron chi connectivity index (χ1n) is 7.42. The largest absolute Gasteiger partial charge is 0.396 e. The van der Waals surface area contributed by atoms with Gasteiger partial charge in [0.05, 0.1) is 0 Å². The number of rotatable bonds is 9. The summed E-state index contributed by atoms with van der Waals surface area (Å²) >= 11 is 0. The van der Waals surface area contributed by atoms with E-state index in [1.165, 1.54) is 43.2 Å². The Kier molecular flexibility index (Phi) is 7.75. The highest BCUT2D eigenvalue weighted by Gasteiger charge is 2.08. The lowest BCUT2D eigenvalue weighted by Crippen LogP contribution is -2.09. The normalized spacial score (nSPS) is 12.6. The van der Waals surface area contributed by atoms with Crippen LogP contribution in [-0.2, 0) is 6.42 Å². The summed E-state index contributed by atoms with van der Waals surface area (Å²) in [6.45, 7) is 4.68. The number of aryl methyl sites for hydroxylation is 1. The van der Waals surface area contributed by atoms with Crippen molar-refractivity contribution in [2.75, 3.05) is 6.61 Å². The Bertz CT molecular complexity index is 302. The Morgan fingerprint density at radius 2 is 1.67 bits per heavy atom. The molecule has 1 heteroatoms. The monoisotopic (exact) mass is 248 g/mol. The summed E-state index contributed by atoms with van der Waals surface area (Å²) in [5, 5.41) is 9.44. The van der Waals surface area contributed by atoms with Crippen molar-refractivity contribution in [1.29, 1.82) is 0 Å². The molecule has 1 N–H and O–H groups in total. The fourth-order valence-corrected chi connectivity index (χ4v) is 2.35. The maximum Gasteiger partial charge on any atom is 0.0462 e.